The molecule has 34 heavy (non-hydrogen) atoms. The van der Waals surface area contributed by atoms with E-state index in [0.717, 1.165) is 48.7 Å². The van der Waals surface area contributed by atoms with Gasteiger partial charge in [-0.1, -0.05) is 6.92 Å². The highest BCUT2D eigenvalue weighted by Gasteiger charge is 2.23. The van der Waals surface area contributed by atoms with E-state index < -0.39 is 0 Å². The minimum atomic E-state index is -0.388. The summed E-state index contributed by atoms with van der Waals surface area (Å²) >= 11 is 0. The molecule has 1 aliphatic rings. The summed E-state index contributed by atoms with van der Waals surface area (Å²) in [6.45, 7) is 11.6. The van der Waals surface area contributed by atoms with Crippen molar-refractivity contribution in [2.75, 3.05) is 37.7 Å². The van der Waals surface area contributed by atoms with E-state index in [9.17, 15) is 14.9 Å². The molecular weight excluding hydrogens is 430 g/mol. The van der Waals surface area contributed by atoms with Crippen LogP contribution in [0.2, 0.25) is 0 Å². The minimum absolute atomic E-state index is 0.155. The number of nitriles is 1. The average molecular weight is 464 g/mol. The number of hydrogen-bond acceptors (Lipinski definition) is 6. The third kappa shape index (κ3) is 5.66. The Hall–Kier alpha value is -3.60. The van der Waals surface area contributed by atoms with E-state index in [4.69, 9.17) is 4.74 Å². The number of rotatable bonds is 7. The predicted molar refractivity (Wildman–Crippen MR) is 131 cm³/mol. The van der Waals surface area contributed by atoms with Gasteiger partial charge in [0.1, 0.15) is 17.5 Å². The summed E-state index contributed by atoms with van der Waals surface area (Å²) in [6, 6.07) is 7.66. The van der Waals surface area contributed by atoms with E-state index in [1.807, 2.05) is 19.9 Å². The SMILES string of the molecule is CCCn1c(C)cc(/C=C(\C#N)C(=O)N2CCCN(c3ccc(C(=O)OCC)cn3)CC2)c1C. The Balaban J connectivity index is 1.70. The second-order valence-corrected chi connectivity index (χ2v) is 8.41. The maximum absolute atomic E-state index is 13.2. The third-order valence-corrected chi connectivity index (χ3v) is 6.08. The summed E-state index contributed by atoms with van der Waals surface area (Å²) in [7, 11) is 0. The van der Waals surface area contributed by atoms with Gasteiger partial charge >= 0.3 is 5.97 Å². The number of pyridine rings is 1. The van der Waals surface area contributed by atoms with Crippen molar-refractivity contribution in [3.63, 3.8) is 0 Å². The number of carbonyl (C=O) groups is 2. The lowest BCUT2D eigenvalue weighted by atomic mass is 10.1. The Bertz CT molecular complexity index is 1090. The molecule has 0 unspecified atom stereocenters. The zero-order valence-corrected chi connectivity index (χ0v) is 20.5. The number of hydrogen-bond donors (Lipinski definition) is 0. The number of aromatic nitrogens is 2. The number of aryl methyl sites for hydroxylation is 1. The molecule has 2 aromatic rings. The van der Waals surface area contributed by atoms with Gasteiger partial charge in [-0.15, -0.1) is 0 Å². The van der Waals surface area contributed by atoms with Crippen molar-refractivity contribution in [2.45, 2.75) is 47.1 Å². The summed E-state index contributed by atoms with van der Waals surface area (Å²) in [4.78, 5) is 33.3. The quantitative estimate of drug-likeness (QED) is 0.353. The molecule has 180 valence electrons. The molecule has 0 saturated carbocycles. The van der Waals surface area contributed by atoms with Crippen LogP contribution >= 0.6 is 0 Å². The first-order valence-corrected chi connectivity index (χ1v) is 11.9. The fraction of sp³-hybridized carbons (Fsp3) is 0.462. The number of esters is 1. The van der Waals surface area contributed by atoms with E-state index in [2.05, 4.69) is 27.4 Å². The Labute approximate surface area is 201 Å². The van der Waals surface area contributed by atoms with Gasteiger partial charge in [0.15, 0.2) is 0 Å². The van der Waals surface area contributed by atoms with Crippen LogP contribution in [0.4, 0.5) is 5.82 Å². The monoisotopic (exact) mass is 463 g/mol. The Kier molecular flexibility index (Phi) is 8.47. The van der Waals surface area contributed by atoms with Crippen molar-refractivity contribution in [1.82, 2.24) is 14.5 Å². The van der Waals surface area contributed by atoms with Gasteiger partial charge in [-0.05, 0) is 63.5 Å². The fourth-order valence-corrected chi connectivity index (χ4v) is 4.27. The van der Waals surface area contributed by atoms with E-state index >= 15 is 0 Å². The molecule has 0 bridgehead atoms. The molecule has 0 spiro atoms. The lowest BCUT2D eigenvalue weighted by Crippen LogP contribution is -2.36. The molecule has 0 radical (unpaired) electrons. The molecule has 0 N–H and O–H groups in total. The van der Waals surface area contributed by atoms with Crippen LogP contribution in [0, 0.1) is 25.2 Å². The molecule has 3 heterocycles. The van der Waals surface area contributed by atoms with Crippen LogP contribution in [0.15, 0.2) is 30.0 Å². The van der Waals surface area contributed by atoms with Crippen LogP contribution in [0.3, 0.4) is 0 Å². The van der Waals surface area contributed by atoms with Crippen LogP contribution in [-0.2, 0) is 16.1 Å². The molecule has 1 fully saturated rings. The fourth-order valence-electron chi connectivity index (χ4n) is 4.27. The van der Waals surface area contributed by atoms with Gasteiger partial charge in [0.25, 0.3) is 5.91 Å². The van der Waals surface area contributed by atoms with Gasteiger partial charge in [0.2, 0.25) is 0 Å². The first-order valence-electron chi connectivity index (χ1n) is 11.9. The number of amides is 1. The van der Waals surface area contributed by atoms with Crippen LogP contribution in [0.5, 0.6) is 0 Å². The van der Waals surface area contributed by atoms with Crippen LogP contribution in [0.1, 0.15) is 54.0 Å². The molecular formula is C26H33N5O3. The van der Waals surface area contributed by atoms with Crippen LogP contribution in [0.25, 0.3) is 6.08 Å². The molecule has 3 rings (SSSR count). The third-order valence-electron chi connectivity index (χ3n) is 6.08. The summed E-state index contributed by atoms with van der Waals surface area (Å²) in [6.07, 6.45) is 5.02. The van der Waals surface area contributed by atoms with E-state index in [-0.39, 0.29) is 17.4 Å². The molecule has 0 aliphatic carbocycles. The van der Waals surface area contributed by atoms with E-state index in [1.54, 1.807) is 30.0 Å². The topological polar surface area (TPSA) is 91.5 Å². The Morgan fingerprint density at radius 1 is 1.18 bits per heavy atom. The number of nitrogens with zero attached hydrogens (tertiary/aromatic N) is 5. The maximum atomic E-state index is 13.2. The van der Waals surface area contributed by atoms with E-state index in [1.165, 1.54) is 6.20 Å². The van der Waals surface area contributed by atoms with Crippen molar-refractivity contribution in [1.29, 1.82) is 5.26 Å². The zero-order valence-electron chi connectivity index (χ0n) is 20.5. The molecule has 1 amide bonds. The van der Waals surface area contributed by atoms with Gasteiger partial charge in [-0.3, -0.25) is 4.79 Å². The first kappa shape index (κ1) is 25.0. The molecule has 8 nitrogen and oxygen atoms in total. The average Bonchev–Trinajstić information content (AvgIpc) is 3.01. The highest BCUT2D eigenvalue weighted by molar-refractivity contribution is 6.01. The molecule has 0 aromatic carbocycles. The van der Waals surface area contributed by atoms with Crippen LogP contribution in [-0.4, -0.2) is 59.1 Å². The molecule has 2 aromatic heterocycles. The van der Waals surface area contributed by atoms with Crippen molar-refractivity contribution < 1.29 is 14.3 Å². The highest BCUT2D eigenvalue weighted by Crippen LogP contribution is 2.21. The Morgan fingerprint density at radius 3 is 2.62 bits per heavy atom. The number of carbonyl (C=O) groups excluding carboxylic acids is 2. The zero-order chi connectivity index (χ0) is 24.7. The lowest BCUT2D eigenvalue weighted by Gasteiger charge is -2.22. The number of anilines is 1. The first-order chi connectivity index (χ1) is 16.4. The normalized spacial score (nSPS) is 14.5. The van der Waals surface area contributed by atoms with Gasteiger partial charge < -0.3 is 19.1 Å². The second-order valence-electron chi connectivity index (χ2n) is 8.41. The van der Waals surface area contributed by atoms with Crippen LogP contribution < -0.4 is 4.90 Å². The van der Waals surface area contributed by atoms with Gasteiger partial charge in [0, 0.05) is 50.3 Å². The predicted octanol–water partition coefficient (Wildman–Crippen LogP) is 3.73. The van der Waals surface area contributed by atoms with Crippen molar-refractivity contribution in [2.24, 2.45) is 0 Å². The smallest absolute Gasteiger partial charge is 0.339 e. The largest absolute Gasteiger partial charge is 0.462 e. The standard InChI is InChI=1S/C26H33N5O3/c1-5-10-31-19(3)15-22(20(31)4)16-23(17-27)25(32)30-12-7-11-29(13-14-30)24-9-8-21(18-28-24)26(33)34-6-2/h8-9,15-16,18H,5-7,10-14H2,1-4H3/b23-16+. The maximum Gasteiger partial charge on any atom is 0.339 e. The van der Waals surface area contributed by atoms with Crippen molar-refractivity contribution >= 4 is 23.8 Å². The number of ether oxygens (including phenoxy) is 1. The lowest BCUT2D eigenvalue weighted by molar-refractivity contribution is -0.126. The summed E-state index contributed by atoms with van der Waals surface area (Å²) < 4.78 is 7.22. The van der Waals surface area contributed by atoms with Gasteiger partial charge in [-0.2, -0.15) is 5.26 Å². The van der Waals surface area contributed by atoms with Gasteiger partial charge in [0.05, 0.1) is 12.2 Å². The van der Waals surface area contributed by atoms with E-state index in [0.29, 0.717) is 31.8 Å². The molecule has 8 heteroatoms. The molecule has 1 saturated heterocycles. The summed E-state index contributed by atoms with van der Waals surface area (Å²) in [5, 5.41) is 9.74. The van der Waals surface area contributed by atoms with Crippen molar-refractivity contribution in [3.8, 4) is 6.07 Å². The Morgan fingerprint density at radius 2 is 1.97 bits per heavy atom. The summed E-state index contributed by atoms with van der Waals surface area (Å²) in [5.41, 5.74) is 3.68. The highest BCUT2D eigenvalue weighted by atomic mass is 16.5. The minimum Gasteiger partial charge on any atom is -0.462 e. The van der Waals surface area contributed by atoms with Gasteiger partial charge in [-0.25, -0.2) is 9.78 Å². The summed E-state index contributed by atoms with van der Waals surface area (Å²) in [5.74, 6) is 0.123. The second kappa shape index (κ2) is 11.5. The molecule has 0 atom stereocenters. The van der Waals surface area contributed by atoms with Crippen molar-refractivity contribution in [3.05, 3.63) is 52.5 Å². The molecule has 1 aliphatic heterocycles.